The van der Waals surface area contributed by atoms with E-state index >= 15 is 0 Å². The fraction of sp³-hybridized carbons (Fsp3) is 0.321. The summed E-state index contributed by atoms with van der Waals surface area (Å²) < 4.78 is 60.0. The first-order chi connectivity index (χ1) is 18.9. The number of hydrogen-bond acceptors (Lipinski definition) is 3. The van der Waals surface area contributed by atoms with Gasteiger partial charge in [0.2, 0.25) is 5.62 Å². The normalized spacial score (nSPS) is 14.4. The quantitative estimate of drug-likeness (QED) is 0.256. The molecule has 1 fully saturated rings. The fourth-order valence-corrected chi connectivity index (χ4v) is 4.94. The number of alkyl halides is 3. The lowest BCUT2D eigenvalue weighted by Crippen LogP contribution is -2.30. The monoisotopic (exact) mass is 574 g/mol. The average Bonchev–Trinajstić information content (AvgIpc) is 3.57. The molecule has 2 aromatic carbocycles. The number of rotatable bonds is 8. The van der Waals surface area contributed by atoms with Crippen molar-refractivity contribution in [2.75, 3.05) is 0 Å². The van der Waals surface area contributed by atoms with Gasteiger partial charge in [0, 0.05) is 43.3 Å². The highest BCUT2D eigenvalue weighted by Gasteiger charge is 2.38. The molecule has 1 amide bonds. The van der Waals surface area contributed by atoms with E-state index in [-0.39, 0.29) is 46.3 Å². The lowest BCUT2D eigenvalue weighted by Gasteiger charge is -2.20. The topological polar surface area (TPSA) is 80.6 Å². The Bertz CT molecular complexity index is 1630. The smallest absolute Gasteiger partial charge is 0.345 e. The van der Waals surface area contributed by atoms with Crippen molar-refractivity contribution in [3.63, 3.8) is 0 Å². The van der Waals surface area contributed by atoms with Crippen molar-refractivity contribution in [3.8, 4) is 11.1 Å². The molecule has 0 spiro atoms. The number of halogens is 5. The first-order valence-corrected chi connectivity index (χ1v) is 13.1. The van der Waals surface area contributed by atoms with E-state index in [0.29, 0.717) is 11.1 Å². The summed E-state index contributed by atoms with van der Waals surface area (Å²) >= 11 is 6.00. The molecule has 0 bridgehead atoms. The Labute approximate surface area is 232 Å². The zero-order chi connectivity index (χ0) is 28.8. The molecule has 2 heterocycles. The standard InChI is InChI=1S/C28H27ClF4N6O/c1-3-39-15-21(25(36-39)28(31,32)33)19-10-16(14-38-9-8-37(2)27(38)34)11-20(12-19)26(40)35-24(17-4-5-17)18-6-7-23(30)22(29)13-18/h6-13,15,17,24,34H,3-5,14H2,1-2H3,(H,35,40)/t24-/m0/s1. The Morgan fingerprint density at radius 2 is 1.95 bits per heavy atom. The molecule has 2 N–H and O–H groups in total. The molecule has 0 radical (unpaired) electrons. The number of aromatic nitrogens is 4. The van der Waals surface area contributed by atoms with Crippen LogP contribution in [0.4, 0.5) is 17.6 Å². The number of carbonyl (C=O) groups excluding carboxylic acids is 1. The van der Waals surface area contributed by atoms with Crippen molar-refractivity contribution in [2.24, 2.45) is 13.0 Å². The van der Waals surface area contributed by atoms with Crippen molar-refractivity contribution in [1.82, 2.24) is 24.2 Å². The molecule has 1 aliphatic rings. The SMILES string of the molecule is CCn1cc(-c2cc(Cn3ccn(C)c3=N)cc(C(=O)N[C@H](c3ccc(F)c(Cl)c3)C3CC3)c2)c(C(F)(F)F)n1. The number of benzene rings is 2. The van der Waals surface area contributed by atoms with Gasteiger partial charge in [0.1, 0.15) is 5.82 Å². The van der Waals surface area contributed by atoms with Crippen LogP contribution in [0.3, 0.4) is 0 Å². The van der Waals surface area contributed by atoms with Crippen LogP contribution in [0, 0.1) is 17.1 Å². The summed E-state index contributed by atoms with van der Waals surface area (Å²) in [6, 6.07) is 8.48. The summed E-state index contributed by atoms with van der Waals surface area (Å²) in [5.74, 6) is -0.913. The van der Waals surface area contributed by atoms with Crippen LogP contribution < -0.4 is 10.9 Å². The van der Waals surface area contributed by atoms with Crippen molar-refractivity contribution in [3.05, 3.63) is 93.8 Å². The van der Waals surface area contributed by atoms with Gasteiger partial charge in [-0.1, -0.05) is 17.7 Å². The summed E-state index contributed by atoms with van der Waals surface area (Å²) in [4.78, 5) is 13.6. The van der Waals surface area contributed by atoms with E-state index in [1.54, 1.807) is 53.7 Å². The summed E-state index contributed by atoms with van der Waals surface area (Å²) in [6.07, 6.45) is 1.74. The molecule has 40 heavy (non-hydrogen) atoms. The van der Waals surface area contributed by atoms with E-state index < -0.39 is 29.6 Å². The van der Waals surface area contributed by atoms with Crippen LogP contribution in [0.2, 0.25) is 5.02 Å². The zero-order valence-electron chi connectivity index (χ0n) is 21.8. The molecule has 210 valence electrons. The summed E-state index contributed by atoms with van der Waals surface area (Å²) in [6.45, 7) is 2.09. The molecule has 0 aliphatic heterocycles. The predicted molar refractivity (Wildman–Crippen MR) is 141 cm³/mol. The van der Waals surface area contributed by atoms with Crippen LogP contribution in [0.15, 0.2) is 55.0 Å². The van der Waals surface area contributed by atoms with Gasteiger partial charge in [-0.05, 0) is 72.7 Å². The lowest BCUT2D eigenvalue weighted by atomic mass is 9.98. The van der Waals surface area contributed by atoms with Gasteiger partial charge in [0.25, 0.3) is 5.91 Å². The Balaban J connectivity index is 1.57. The first kappa shape index (κ1) is 27.7. The number of nitrogens with zero attached hydrogens (tertiary/aromatic N) is 4. The maximum absolute atomic E-state index is 13.9. The minimum absolute atomic E-state index is 0.0552. The van der Waals surface area contributed by atoms with Crippen molar-refractivity contribution >= 4 is 17.5 Å². The molecule has 1 saturated carbocycles. The van der Waals surface area contributed by atoms with Gasteiger partial charge in [-0.15, -0.1) is 0 Å². The third-order valence-electron chi connectivity index (χ3n) is 7.03. The third-order valence-corrected chi connectivity index (χ3v) is 7.32. The Morgan fingerprint density at radius 1 is 1.20 bits per heavy atom. The molecule has 12 heteroatoms. The molecular weight excluding hydrogens is 548 g/mol. The molecule has 0 unspecified atom stereocenters. The number of nitrogens with one attached hydrogen (secondary N) is 2. The zero-order valence-corrected chi connectivity index (χ0v) is 22.5. The second-order valence-electron chi connectivity index (χ2n) is 9.99. The van der Waals surface area contributed by atoms with Gasteiger partial charge in [-0.25, -0.2) is 4.39 Å². The van der Waals surface area contributed by atoms with Crippen molar-refractivity contribution in [2.45, 2.75) is 45.1 Å². The van der Waals surface area contributed by atoms with Gasteiger partial charge < -0.3 is 14.5 Å². The van der Waals surface area contributed by atoms with Crippen LogP contribution >= 0.6 is 11.6 Å². The Kier molecular flexibility index (Phi) is 7.34. The van der Waals surface area contributed by atoms with Crippen LogP contribution in [-0.4, -0.2) is 24.8 Å². The summed E-state index contributed by atoms with van der Waals surface area (Å²) in [5, 5.41) is 14.9. The Hall–Kier alpha value is -3.86. The van der Waals surface area contributed by atoms with Crippen molar-refractivity contribution in [1.29, 1.82) is 5.41 Å². The van der Waals surface area contributed by atoms with Crippen LogP contribution in [0.1, 0.15) is 53.0 Å². The van der Waals surface area contributed by atoms with Crippen LogP contribution in [0.25, 0.3) is 11.1 Å². The molecular formula is C28H27ClF4N6O. The number of amides is 1. The number of carbonyl (C=O) groups is 1. The van der Waals surface area contributed by atoms with Gasteiger partial charge in [0.05, 0.1) is 17.6 Å². The second kappa shape index (κ2) is 10.6. The summed E-state index contributed by atoms with van der Waals surface area (Å²) in [7, 11) is 1.71. The fourth-order valence-electron chi connectivity index (χ4n) is 4.76. The highest BCUT2D eigenvalue weighted by atomic mass is 35.5. The van der Waals surface area contributed by atoms with Crippen LogP contribution in [0.5, 0.6) is 0 Å². The van der Waals surface area contributed by atoms with Gasteiger partial charge >= 0.3 is 6.18 Å². The molecule has 1 atom stereocenters. The highest BCUT2D eigenvalue weighted by molar-refractivity contribution is 6.30. The predicted octanol–water partition coefficient (Wildman–Crippen LogP) is 5.93. The second-order valence-corrected chi connectivity index (χ2v) is 10.4. The minimum Gasteiger partial charge on any atom is -0.345 e. The van der Waals surface area contributed by atoms with Gasteiger partial charge in [-0.2, -0.15) is 18.3 Å². The molecule has 5 rings (SSSR count). The molecule has 2 aromatic heterocycles. The maximum Gasteiger partial charge on any atom is 0.435 e. The molecule has 4 aromatic rings. The van der Waals surface area contributed by atoms with Crippen molar-refractivity contribution < 1.29 is 22.4 Å². The number of imidazole rings is 1. The Morgan fingerprint density at radius 3 is 2.55 bits per heavy atom. The maximum atomic E-state index is 13.9. The van der Waals surface area contributed by atoms with E-state index in [2.05, 4.69) is 10.4 Å². The van der Waals surface area contributed by atoms with E-state index in [1.807, 2.05) is 0 Å². The molecule has 1 aliphatic carbocycles. The highest BCUT2D eigenvalue weighted by Crippen LogP contribution is 2.42. The lowest BCUT2D eigenvalue weighted by molar-refractivity contribution is -0.141. The third kappa shape index (κ3) is 5.70. The molecule has 0 saturated heterocycles. The van der Waals surface area contributed by atoms with Gasteiger partial charge in [-0.3, -0.25) is 14.9 Å². The van der Waals surface area contributed by atoms with Crippen LogP contribution in [-0.2, 0) is 26.3 Å². The van der Waals surface area contributed by atoms with E-state index in [0.717, 1.165) is 12.8 Å². The van der Waals surface area contributed by atoms with Gasteiger partial charge in [0.15, 0.2) is 5.69 Å². The number of aryl methyl sites for hydroxylation is 2. The summed E-state index contributed by atoms with van der Waals surface area (Å²) in [5.41, 5.74) is 0.547. The van der Waals surface area contributed by atoms with E-state index in [9.17, 15) is 22.4 Å². The number of hydrogen-bond donors (Lipinski definition) is 2. The first-order valence-electron chi connectivity index (χ1n) is 12.8. The van der Waals surface area contributed by atoms with E-state index in [4.69, 9.17) is 17.0 Å². The largest absolute Gasteiger partial charge is 0.435 e. The minimum atomic E-state index is -4.70. The van der Waals surface area contributed by atoms with E-state index in [1.165, 1.54) is 29.1 Å². The molecule has 7 nitrogen and oxygen atoms in total. The average molecular weight is 575 g/mol.